The van der Waals surface area contributed by atoms with Gasteiger partial charge in [0, 0.05) is 29.6 Å². The van der Waals surface area contributed by atoms with Crippen LogP contribution in [0.3, 0.4) is 0 Å². The zero-order chi connectivity index (χ0) is 16.7. The number of carbonyl (C=O) groups excluding carboxylic acids is 1. The number of likely N-dealkylation sites (tertiary alicyclic amines) is 1. The summed E-state index contributed by atoms with van der Waals surface area (Å²) in [6.45, 7) is 2.15. The van der Waals surface area contributed by atoms with Gasteiger partial charge in [-0.05, 0) is 37.1 Å². The third-order valence-corrected chi connectivity index (χ3v) is 5.88. The van der Waals surface area contributed by atoms with Crippen LogP contribution in [0.4, 0.5) is 0 Å². The SMILES string of the molecule is O=C(c1ccc(Cl)c(Cl)c1)N1CCC2(CC1)COc1ccccc12. The van der Waals surface area contributed by atoms with E-state index in [9.17, 15) is 4.79 Å². The number of benzene rings is 2. The molecule has 124 valence electrons. The number of carbonyl (C=O) groups is 1. The summed E-state index contributed by atoms with van der Waals surface area (Å²) in [5.74, 6) is 0.998. The Bertz CT molecular complexity index is 798. The lowest BCUT2D eigenvalue weighted by molar-refractivity contribution is 0.0646. The van der Waals surface area contributed by atoms with Gasteiger partial charge in [0.15, 0.2) is 0 Å². The van der Waals surface area contributed by atoms with E-state index in [1.165, 1.54) is 5.56 Å². The van der Waals surface area contributed by atoms with E-state index in [2.05, 4.69) is 12.1 Å². The van der Waals surface area contributed by atoms with Crippen LogP contribution in [0.5, 0.6) is 5.75 Å². The molecular formula is C19H17Cl2NO2. The average molecular weight is 362 g/mol. The number of nitrogens with zero attached hydrogens (tertiary/aromatic N) is 1. The standard InChI is InChI=1S/C19H17Cl2NO2/c20-15-6-5-13(11-16(15)21)18(23)22-9-7-19(8-10-22)12-24-17-4-2-1-3-14(17)19/h1-6,11H,7-10,12H2. The van der Waals surface area contributed by atoms with Crippen LogP contribution in [0.2, 0.25) is 10.0 Å². The molecule has 2 aliphatic heterocycles. The third kappa shape index (κ3) is 2.56. The van der Waals surface area contributed by atoms with Crippen LogP contribution < -0.4 is 4.74 Å². The summed E-state index contributed by atoms with van der Waals surface area (Å²) in [4.78, 5) is 14.6. The van der Waals surface area contributed by atoms with Crippen LogP contribution in [0.15, 0.2) is 42.5 Å². The predicted molar refractivity (Wildman–Crippen MR) is 95.2 cm³/mol. The highest BCUT2D eigenvalue weighted by Gasteiger charge is 2.43. The molecule has 1 fully saturated rings. The molecule has 24 heavy (non-hydrogen) atoms. The van der Waals surface area contributed by atoms with E-state index in [0.29, 0.717) is 22.2 Å². The Hall–Kier alpha value is -1.71. The van der Waals surface area contributed by atoms with Crippen LogP contribution >= 0.6 is 23.2 Å². The number of para-hydroxylation sites is 1. The summed E-state index contributed by atoms with van der Waals surface area (Å²) < 4.78 is 5.87. The summed E-state index contributed by atoms with van der Waals surface area (Å²) in [6.07, 6.45) is 1.83. The number of ether oxygens (including phenoxy) is 1. The summed E-state index contributed by atoms with van der Waals surface area (Å²) in [6, 6.07) is 13.3. The summed E-state index contributed by atoms with van der Waals surface area (Å²) in [7, 11) is 0. The highest BCUT2D eigenvalue weighted by molar-refractivity contribution is 6.42. The van der Waals surface area contributed by atoms with Crippen molar-refractivity contribution < 1.29 is 9.53 Å². The van der Waals surface area contributed by atoms with E-state index in [0.717, 1.165) is 31.7 Å². The van der Waals surface area contributed by atoms with Crippen molar-refractivity contribution in [3.8, 4) is 5.75 Å². The number of piperidine rings is 1. The minimum atomic E-state index is 0.00983. The number of amides is 1. The topological polar surface area (TPSA) is 29.5 Å². The molecule has 2 aliphatic rings. The third-order valence-electron chi connectivity index (χ3n) is 5.14. The molecule has 1 amide bonds. The molecule has 0 atom stereocenters. The maximum atomic E-state index is 12.7. The van der Waals surface area contributed by atoms with E-state index in [1.807, 2.05) is 17.0 Å². The molecule has 0 radical (unpaired) electrons. The Morgan fingerprint density at radius 3 is 2.54 bits per heavy atom. The van der Waals surface area contributed by atoms with Crippen LogP contribution in [0.1, 0.15) is 28.8 Å². The van der Waals surface area contributed by atoms with Crippen LogP contribution in [0, 0.1) is 0 Å². The maximum absolute atomic E-state index is 12.7. The molecule has 4 rings (SSSR count). The van der Waals surface area contributed by atoms with Gasteiger partial charge < -0.3 is 9.64 Å². The molecular weight excluding hydrogens is 345 g/mol. The lowest BCUT2D eigenvalue weighted by Crippen LogP contribution is -2.46. The van der Waals surface area contributed by atoms with E-state index in [4.69, 9.17) is 27.9 Å². The van der Waals surface area contributed by atoms with Gasteiger partial charge in [0.05, 0.1) is 16.7 Å². The van der Waals surface area contributed by atoms with Gasteiger partial charge in [0.1, 0.15) is 5.75 Å². The molecule has 2 heterocycles. The Morgan fingerprint density at radius 2 is 1.79 bits per heavy atom. The number of hydrogen-bond acceptors (Lipinski definition) is 2. The lowest BCUT2D eigenvalue weighted by atomic mass is 9.74. The van der Waals surface area contributed by atoms with Crippen molar-refractivity contribution in [3.63, 3.8) is 0 Å². The van der Waals surface area contributed by atoms with Gasteiger partial charge in [0.2, 0.25) is 0 Å². The molecule has 0 bridgehead atoms. The van der Waals surface area contributed by atoms with Crippen LogP contribution in [0.25, 0.3) is 0 Å². The highest BCUT2D eigenvalue weighted by Crippen LogP contribution is 2.45. The monoisotopic (exact) mass is 361 g/mol. The average Bonchev–Trinajstić information content (AvgIpc) is 2.96. The second kappa shape index (κ2) is 5.98. The van der Waals surface area contributed by atoms with Crippen LogP contribution in [-0.4, -0.2) is 30.5 Å². The Labute approximate surface area is 151 Å². The molecule has 0 saturated carbocycles. The molecule has 2 aromatic rings. The smallest absolute Gasteiger partial charge is 0.253 e. The zero-order valence-corrected chi connectivity index (χ0v) is 14.6. The molecule has 0 aliphatic carbocycles. The second-order valence-corrected chi connectivity index (χ2v) is 7.30. The number of halogens is 2. The molecule has 0 N–H and O–H groups in total. The fraction of sp³-hybridized carbons (Fsp3) is 0.316. The molecule has 0 aromatic heterocycles. The molecule has 1 spiro atoms. The fourth-order valence-corrected chi connectivity index (χ4v) is 3.99. The summed E-state index contributed by atoms with van der Waals surface area (Å²) in [5, 5.41) is 0.875. The quantitative estimate of drug-likeness (QED) is 0.744. The number of fused-ring (bicyclic) bond motifs is 2. The van der Waals surface area contributed by atoms with Crippen molar-refractivity contribution in [2.24, 2.45) is 0 Å². The minimum absolute atomic E-state index is 0.00983. The first kappa shape index (κ1) is 15.8. The van der Waals surface area contributed by atoms with Crippen molar-refractivity contribution in [1.29, 1.82) is 0 Å². The van der Waals surface area contributed by atoms with Gasteiger partial charge in [-0.25, -0.2) is 0 Å². The van der Waals surface area contributed by atoms with E-state index < -0.39 is 0 Å². The van der Waals surface area contributed by atoms with Crippen molar-refractivity contribution in [2.45, 2.75) is 18.3 Å². The minimum Gasteiger partial charge on any atom is -0.492 e. The van der Waals surface area contributed by atoms with Gasteiger partial charge in [-0.1, -0.05) is 41.4 Å². The number of hydrogen-bond donors (Lipinski definition) is 0. The molecule has 3 nitrogen and oxygen atoms in total. The van der Waals surface area contributed by atoms with E-state index in [-0.39, 0.29) is 11.3 Å². The fourth-order valence-electron chi connectivity index (χ4n) is 3.69. The first-order valence-corrected chi connectivity index (χ1v) is 8.81. The normalized spacial score (nSPS) is 18.3. The molecule has 0 unspecified atom stereocenters. The van der Waals surface area contributed by atoms with Gasteiger partial charge in [-0.2, -0.15) is 0 Å². The predicted octanol–water partition coefficient (Wildman–Crippen LogP) is 4.56. The van der Waals surface area contributed by atoms with Crippen molar-refractivity contribution in [1.82, 2.24) is 4.90 Å². The van der Waals surface area contributed by atoms with E-state index >= 15 is 0 Å². The second-order valence-electron chi connectivity index (χ2n) is 6.49. The Kier molecular flexibility index (Phi) is 3.93. The van der Waals surface area contributed by atoms with Crippen molar-refractivity contribution >= 4 is 29.1 Å². The Balaban J connectivity index is 1.50. The first-order valence-electron chi connectivity index (χ1n) is 8.06. The largest absolute Gasteiger partial charge is 0.492 e. The van der Waals surface area contributed by atoms with Gasteiger partial charge >= 0.3 is 0 Å². The lowest BCUT2D eigenvalue weighted by Gasteiger charge is -2.38. The Morgan fingerprint density at radius 1 is 1.04 bits per heavy atom. The molecule has 5 heteroatoms. The van der Waals surface area contributed by atoms with Gasteiger partial charge in [-0.3, -0.25) is 4.79 Å². The van der Waals surface area contributed by atoms with E-state index in [1.54, 1.807) is 18.2 Å². The summed E-state index contributed by atoms with van der Waals surface area (Å²) >= 11 is 12.0. The first-order chi connectivity index (χ1) is 11.6. The maximum Gasteiger partial charge on any atom is 0.253 e. The zero-order valence-electron chi connectivity index (χ0n) is 13.1. The van der Waals surface area contributed by atoms with Crippen LogP contribution in [-0.2, 0) is 5.41 Å². The molecule has 2 aromatic carbocycles. The molecule has 1 saturated heterocycles. The number of rotatable bonds is 1. The highest BCUT2D eigenvalue weighted by atomic mass is 35.5. The van der Waals surface area contributed by atoms with Gasteiger partial charge in [-0.15, -0.1) is 0 Å². The van der Waals surface area contributed by atoms with Gasteiger partial charge in [0.25, 0.3) is 5.91 Å². The summed E-state index contributed by atoms with van der Waals surface area (Å²) in [5.41, 5.74) is 1.92. The van der Waals surface area contributed by atoms with Crippen molar-refractivity contribution in [2.75, 3.05) is 19.7 Å². The van der Waals surface area contributed by atoms with Crippen molar-refractivity contribution in [3.05, 3.63) is 63.6 Å².